The lowest BCUT2D eigenvalue weighted by Crippen LogP contribution is -2.15. The van der Waals surface area contributed by atoms with Gasteiger partial charge in [-0.1, -0.05) is 17.7 Å². The van der Waals surface area contributed by atoms with Crippen LogP contribution >= 0.6 is 0 Å². The van der Waals surface area contributed by atoms with Gasteiger partial charge in [0.2, 0.25) is 0 Å². The normalized spacial score (nSPS) is 12.0. The fourth-order valence-electron chi connectivity index (χ4n) is 2.08. The second kappa shape index (κ2) is 15.7. The van der Waals surface area contributed by atoms with Gasteiger partial charge in [0, 0.05) is 0 Å². The minimum absolute atomic E-state index is 0.0401. The van der Waals surface area contributed by atoms with Crippen molar-refractivity contribution in [2.24, 2.45) is 0 Å². The van der Waals surface area contributed by atoms with E-state index in [4.69, 9.17) is 27.9 Å². The van der Waals surface area contributed by atoms with Crippen molar-refractivity contribution < 1.29 is 36.3 Å². The Hall–Kier alpha value is -1.07. The predicted octanol–water partition coefficient (Wildman–Crippen LogP) is 2.19. The first-order valence-corrected chi connectivity index (χ1v) is 11.2. The fraction of sp³-hybridized carbons (Fsp3) is 0.700. The standard InChI is InChI=1S/C20H34O8S/c1-18(2)27-16-14-25-12-10-23-8-9-24-11-13-26-15-17-28-29(21,22)20-6-4-19(3)5-7-20/h4-7,18H,8-17H2,1-3H3. The molecule has 0 radical (unpaired) electrons. The average Bonchev–Trinajstić information content (AvgIpc) is 2.67. The maximum absolute atomic E-state index is 12.0. The van der Waals surface area contributed by atoms with Crippen molar-refractivity contribution in [1.29, 1.82) is 0 Å². The molecule has 0 fully saturated rings. The highest BCUT2D eigenvalue weighted by Crippen LogP contribution is 2.12. The molecule has 0 amide bonds. The molecule has 8 nitrogen and oxygen atoms in total. The molecular weight excluding hydrogens is 400 g/mol. The van der Waals surface area contributed by atoms with Crippen LogP contribution in [0.4, 0.5) is 0 Å². The van der Waals surface area contributed by atoms with E-state index in [0.717, 1.165) is 5.56 Å². The Bertz CT molecular complexity index is 616. The van der Waals surface area contributed by atoms with E-state index in [1.54, 1.807) is 12.1 Å². The van der Waals surface area contributed by atoms with E-state index in [9.17, 15) is 8.42 Å². The molecule has 1 aromatic rings. The minimum atomic E-state index is -3.74. The molecule has 0 unspecified atom stereocenters. The Labute approximate surface area is 174 Å². The van der Waals surface area contributed by atoms with Gasteiger partial charge in [-0.25, -0.2) is 0 Å². The molecule has 0 N–H and O–H groups in total. The minimum Gasteiger partial charge on any atom is -0.377 e. The molecule has 0 atom stereocenters. The van der Waals surface area contributed by atoms with E-state index in [2.05, 4.69) is 0 Å². The Balaban J connectivity index is 1.87. The summed E-state index contributed by atoms with van der Waals surface area (Å²) >= 11 is 0. The zero-order chi connectivity index (χ0) is 21.4. The zero-order valence-corrected chi connectivity index (χ0v) is 18.4. The number of hydrogen-bond donors (Lipinski definition) is 0. The monoisotopic (exact) mass is 434 g/mol. The van der Waals surface area contributed by atoms with E-state index in [0.29, 0.717) is 52.9 Å². The highest BCUT2D eigenvalue weighted by molar-refractivity contribution is 7.86. The van der Waals surface area contributed by atoms with Crippen LogP contribution in [0, 0.1) is 6.92 Å². The molecule has 0 saturated carbocycles. The summed E-state index contributed by atoms with van der Waals surface area (Å²) < 4.78 is 55.6. The van der Waals surface area contributed by atoms with Gasteiger partial charge in [-0.3, -0.25) is 4.18 Å². The van der Waals surface area contributed by atoms with Gasteiger partial charge in [-0.15, -0.1) is 0 Å². The molecule has 0 heterocycles. The lowest BCUT2D eigenvalue weighted by Gasteiger charge is -2.09. The molecule has 1 aromatic carbocycles. The molecule has 29 heavy (non-hydrogen) atoms. The van der Waals surface area contributed by atoms with Crippen molar-refractivity contribution in [3.63, 3.8) is 0 Å². The number of ether oxygens (including phenoxy) is 5. The quantitative estimate of drug-likeness (QED) is 0.257. The van der Waals surface area contributed by atoms with Gasteiger partial charge >= 0.3 is 0 Å². The third-order valence-corrected chi connectivity index (χ3v) is 4.90. The largest absolute Gasteiger partial charge is 0.377 e. The highest BCUT2D eigenvalue weighted by Gasteiger charge is 2.14. The molecule has 0 aliphatic rings. The first-order chi connectivity index (χ1) is 13.9. The molecule has 0 saturated heterocycles. The van der Waals surface area contributed by atoms with Crippen molar-refractivity contribution in [3.05, 3.63) is 29.8 Å². The average molecular weight is 435 g/mol. The molecule has 1 rings (SSSR count). The van der Waals surface area contributed by atoms with Crippen LogP contribution in [0.1, 0.15) is 19.4 Å². The van der Waals surface area contributed by atoms with Crippen LogP contribution in [0.15, 0.2) is 29.2 Å². The van der Waals surface area contributed by atoms with Gasteiger partial charge in [-0.2, -0.15) is 8.42 Å². The molecule has 0 aliphatic heterocycles. The molecule has 0 bridgehead atoms. The van der Waals surface area contributed by atoms with Gasteiger partial charge in [-0.05, 0) is 32.9 Å². The van der Waals surface area contributed by atoms with Gasteiger partial charge in [0.1, 0.15) is 0 Å². The van der Waals surface area contributed by atoms with E-state index >= 15 is 0 Å². The first-order valence-electron chi connectivity index (χ1n) is 9.80. The van der Waals surface area contributed by atoms with Crippen LogP contribution in [0.2, 0.25) is 0 Å². The molecule has 9 heteroatoms. The maximum Gasteiger partial charge on any atom is 0.297 e. The smallest absolute Gasteiger partial charge is 0.297 e. The Morgan fingerprint density at radius 3 is 1.55 bits per heavy atom. The molecule has 0 aliphatic carbocycles. The summed E-state index contributed by atoms with van der Waals surface area (Å²) in [5.74, 6) is 0. The Morgan fingerprint density at radius 1 is 0.690 bits per heavy atom. The van der Waals surface area contributed by atoms with Crippen molar-refractivity contribution in [2.75, 3.05) is 66.1 Å². The Kier molecular flexibility index (Phi) is 14.1. The summed E-state index contributed by atoms with van der Waals surface area (Å²) in [6.45, 7) is 9.85. The topological polar surface area (TPSA) is 89.5 Å². The van der Waals surface area contributed by atoms with Crippen molar-refractivity contribution in [1.82, 2.24) is 0 Å². The van der Waals surface area contributed by atoms with Crippen LogP contribution < -0.4 is 0 Å². The fourth-order valence-corrected chi connectivity index (χ4v) is 2.97. The third-order valence-electron chi connectivity index (χ3n) is 3.57. The van der Waals surface area contributed by atoms with Crippen LogP contribution in [0.25, 0.3) is 0 Å². The molecule has 0 spiro atoms. The van der Waals surface area contributed by atoms with Gasteiger partial charge in [0.05, 0.1) is 77.1 Å². The lowest BCUT2D eigenvalue weighted by molar-refractivity contribution is -0.0185. The van der Waals surface area contributed by atoms with E-state index in [-0.39, 0.29) is 24.2 Å². The number of benzene rings is 1. The van der Waals surface area contributed by atoms with E-state index in [1.807, 2.05) is 20.8 Å². The van der Waals surface area contributed by atoms with Crippen LogP contribution in [-0.4, -0.2) is 80.6 Å². The second-order valence-electron chi connectivity index (χ2n) is 6.46. The molecule has 0 aromatic heterocycles. The summed E-state index contributed by atoms with van der Waals surface area (Å²) in [7, 11) is -3.74. The number of rotatable bonds is 18. The molecular formula is C20H34O8S. The summed E-state index contributed by atoms with van der Waals surface area (Å²) in [5, 5.41) is 0. The molecule has 168 valence electrons. The summed E-state index contributed by atoms with van der Waals surface area (Å²) in [6.07, 6.45) is 0.218. The summed E-state index contributed by atoms with van der Waals surface area (Å²) in [4.78, 5) is 0.140. The first kappa shape index (κ1) is 26.0. The Morgan fingerprint density at radius 2 is 1.10 bits per heavy atom. The number of aryl methyl sites for hydroxylation is 1. The van der Waals surface area contributed by atoms with Crippen LogP contribution in [-0.2, 0) is 38.0 Å². The van der Waals surface area contributed by atoms with Crippen LogP contribution in [0.5, 0.6) is 0 Å². The van der Waals surface area contributed by atoms with Crippen molar-refractivity contribution in [2.45, 2.75) is 31.8 Å². The van der Waals surface area contributed by atoms with Gasteiger partial charge in [0.25, 0.3) is 10.1 Å². The zero-order valence-electron chi connectivity index (χ0n) is 17.6. The summed E-state index contributed by atoms with van der Waals surface area (Å²) in [6, 6.07) is 6.50. The summed E-state index contributed by atoms with van der Waals surface area (Å²) in [5.41, 5.74) is 0.984. The number of hydrogen-bond acceptors (Lipinski definition) is 8. The van der Waals surface area contributed by atoms with Crippen molar-refractivity contribution >= 4 is 10.1 Å². The van der Waals surface area contributed by atoms with E-state index in [1.165, 1.54) is 12.1 Å². The van der Waals surface area contributed by atoms with Crippen molar-refractivity contribution in [3.8, 4) is 0 Å². The van der Waals surface area contributed by atoms with E-state index < -0.39 is 10.1 Å². The second-order valence-corrected chi connectivity index (χ2v) is 8.07. The van der Waals surface area contributed by atoms with Crippen LogP contribution in [0.3, 0.4) is 0 Å². The maximum atomic E-state index is 12.0. The third kappa shape index (κ3) is 13.7. The van der Waals surface area contributed by atoms with Gasteiger partial charge in [0.15, 0.2) is 0 Å². The SMILES string of the molecule is Cc1ccc(S(=O)(=O)OCCOCCOCCOCCOCCOC(C)C)cc1. The highest BCUT2D eigenvalue weighted by atomic mass is 32.2. The van der Waals surface area contributed by atoms with Gasteiger partial charge < -0.3 is 23.7 Å². The lowest BCUT2D eigenvalue weighted by atomic mass is 10.2. The predicted molar refractivity (Wildman–Crippen MR) is 109 cm³/mol.